The van der Waals surface area contributed by atoms with E-state index in [1.807, 2.05) is 0 Å². The Balaban J connectivity index is 2.14. The third kappa shape index (κ3) is 2.78. The first-order valence-electron chi connectivity index (χ1n) is 5.89. The van der Waals surface area contributed by atoms with Gasteiger partial charge < -0.3 is 4.90 Å². The van der Waals surface area contributed by atoms with E-state index in [2.05, 4.69) is 59.8 Å². The molecular weight excluding hydrogens is 216 g/mol. The lowest BCUT2D eigenvalue weighted by molar-refractivity contribution is 0.0962. The molecule has 0 spiro atoms. The van der Waals surface area contributed by atoms with Crippen molar-refractivity contribution in [3.05, 3.63) is 35.9 Å². The second-order valence-corrected chi connectivity index (χ2v) is 4.90. The normalized spacial score (nSPS) is 23.5. The SMILES string of the molecule is CN1CCN(CCS)C(c2ccccc2)C1. The molecule has 0 bridgehead atoms. The van der Waals surface area contributed by atoms with Gasteiger partial charge in [0.2, 0.25) is 0 Å². The predicted molar refractivity (Wildman–Crippen MR) is 72.1 cm³/mol. The molecule has 1 aliphatic heterocycles. The minimum Gasteiger partial charge on any atom is -0.303 e. The van der Waals surface area contributed by atoms with Crippen molar-refractivity contribution in [1.82, 2.24) is 9.80 Å². The van der Waals surface area contributed by atoms with Crippen molar-refractivity contribution in [3.63, 3.8) is 0 Å². The van der Waals surface area contributed by atoms with Gasteiger partial charge in [0.25, 0.3) is 0 Å². The summed E-state index contributed by atoms with van der Waals surface area (Å²) in [6.07, 6.45) is 0. The Morgan fingerprint density at radius 3 is 2.69 bits per heavy atom. The molecule has 88 valence electrons. The molecule has 1 unspecified atom stereocenters. The van der Waals surface area contributed by atoms with E-state index in [0.29, 0.717) is 6.04 Å². The first-order valence-corrected chi connectivity index (χ1v) is 6.53. The Labute approximate surface area is 104 Å². The van der Waals surface area contributed by atoms with Crippen LogP contribution >= 0.6 is 12.6 Å². The second kappa shape index (κ2) is 5.71. The van der Waals surface area contributed by atoms with Crippen LogP contribution in [0, 0.1) is 0 Å². The largest absolute Gasteiger partial charge is 0.303 e. The van der Waals surface area contributed by atoms with Gasteiger partial charge in [0.15, 0.2) is 0 Å². The monoisotopic (exact) mass is 236 g/mol. The molecule has 1 aromatic carbocycles. The molecule has 1 fully saturated rings. The zero-order chi connectivity index (χ0) is 11.4. The van der Waals surface area contributed by atoms with Crippen molar-refractivity contribution in [2.45, 2.75) is 6.04 Å². The van der Waals surface area contributed by atoms with Gasteiger partial charge in [0.05, 0.1) is 0 Å². The summed E-state index contributed by atoms with van der Waals surface area (Å²) in [5.41, 5.74) is 1.43. The maximum Gasteiger partial charge on any atom is 0.0475 e. The van der Waals surface area contributed by atoms with E-state index in [0.717, 1.165) is 31.9 Å². The summed E-state index contributed by atoms with van der Waals surface area (Å²) in [6, 6.07) is 11.3. The molecule has 1 heterocycles. The second-order valence-electron chi connectivity index (χ2n) is 4.45. The minimum atomic E-state index is 0.534. The van der Waals surface area contributed by atoms with Crippen LogP contribution in [0.15, 0.2) is 30.3 Å². The molecule has 0 aromatic heterocycles. The van der Waals surface area contributed by atoms with Crippen molar-refractivity contribution in [1.29, 1.82) is 0 Å². The van der Waals surface area contributed by atoms with Gasteiger partial charge in [-0.2, -0.15) is 12.6 Å². The van der Waals surface area contributed by atoms with Crippen molar-refractivity contribution in [3.8, 4) is 0 Å². The highest BCUT2D eigenvalue weighted by Gasteiger charge is 2.25. The van der Waals surface area contributed by atoms with Crippen LogP contribution in [0.5, 0.6) is 0 Å². The molecule has 1 saturated heterocycles. The van der Waals surface area contributed by atoms with Crippen LogP contribution in [0.25, 0.3) is 0 Å². The van der Waals surface area contributed by atoms with Crippen molar-refractivity contribution in [2.24, 2.45) is 0 Å². The van der Waals surface area contributed by atoms with Gasteiger partial charge in [-0.15, -0.1) is 0 Å². The molecule has 0 radical (unpaired) electrons. The van der Waals surface area contributed by atoms with E-state index >= 15 is 0 Å². The Morgan fingerprint density at radius 2 is 2.00 bits per heavy atom. The summed E-state index contributed by atoms with van der Waals surface area (Å²) in [6.45, 7) is 4.52. The number of benzene rings is 1. The molecule has 2 rings (SSSR count). The van der Waals surface area contributed by atoms with Crippen LogP contribution in [0.4, 0.5) is 0 Å². The summed E-state index contributed by atoms with van der Waals surface area (Å²) in [4.78, 5) is 4.95. The lowest BCUT2D eigenvalue weighted by Crippen LogP contribution is -2.47. The number of nitrogens with zero attached hydrogens (tertiary/aromatic N) is 2. The molecule has 0 N–H and O–H groups in total. The van der Waals surface area contributed by atoms with E-state index in [4.69, 9.17) is 0 Å². The van der Waals surface area contributed by atoms with E-state index in [1.54, 1.807) is 0 Å². The third-order valence-corrected chi connectivity index (χ3v) is 3.47. The van der Waals surface area contributed by atoms with Crippen LogP contribution in [0.2, 0.25) is 0 Å². The highest BCUT2D eigenvalue weighted by molar-refractivity contribution is 7.80. The average Bonchev–Trinajstić information content (AvgIpc) is 2.33. The van der Waals surface area contributed by atoms with Crippen LogP contribution in [0.3, 0.4) is 0 Å². The van der Waals surface area contributed by atoms with Gasteiger partial charge in [-0.3, -0.25) is 4.90 Å². The van der Waals surface area contributed by atoms with Gasteiger partial charge in [-0.1, -0.05) is 30.3 Å². The number of likely N-dealkylation sites (N-methyl/N-ethyl adjacent to an activating group) is 1. The van der Waals surface area contributed by atoms with Gasteiger partial charge >= 0.3 is 0 Å². The summed E-state index contributed by atoms with van der Waals surface area (Å²) < 4.78 is 0. The average molecular weight is 236 g/mol. The fourth-order valence-corrected chi connectivity index (χ4v) is 2.60. The summed E-state index contributed by atoms with van der Waals surface area (Å²) in [5, 5.41) is 0. The topological polar surface area (TPSA) is 6.48 Å². The fraction of sp³-hybridized carbons (Fsp3) is 0.538. The number of piperazine rings is 1. The molecular formula is C13H20N2S. The Hall–Kier alpha value is -0.510. The first kappa shape index (κ1) is 12.0. The van der Waals surface area contributed by atoms with E-state index in [9.17, 15) is 0 Å². The standard InChI is InChI=1S/C13H20N2S/c1-14-7-8-15(9-10-16)13(11-14)12-5-3-2-4-6-12/h2-6,13,16H,7-11H2,1H3. The number of thiol groups is 1. The van der Waals surface area contributed by atoms with Gasteiger partial charge in [-0.05, 0) is 12.6 Å². The molecule has 0 aliphatic carbocycles. The molecule has 3 heteroatoms. The number of hydrogen-bond donors (Lipinski definition) is 1. The maximum absolute atomic E-state index is 4.35. The quantitative estimate of drug-likeness (QED) is 0.801. The molecule has 0 saturated carbocycles. The lowest BCUT2D eigenvalue weighted by atomic mass is 10.0. The molecule has 0 amide bonds. The predicted octanol–water partition coefficient (Wildman–Crippen LogP) is 1.90. The minimum absolute atomic E-state index is 0.534. The molecule has 1 aliphatic rings. The lowest BCUT2D eigenvalue weighted by Gasteiger charge is -2.40. The Morgan fingerprint density at radius 1 is 1.25 bits per heavy atom. The van der Waals surface area contributed by atoms with E-state index in [1.165, 1.54) is 5.56 Å². The van der Waals surface area contributed by atoms with Gasteiger partial charge in [-0.25, -0.2) is 0 Å². The van der Waals surface area contributed by atoms with Crippen molar-refractivity contribution < 1.29 is 0 Å². The van der Waals surface area contributed by atoms with Gasteiger partial charge in [0, 0.05) is 38.0 Å². The van der Waals surface area contributed by atoms with E-state index in [-0.39, 0.29) is 0 Å². The van der Waals surface area contributed by atoms with Crippen LogP contribution in [0.1, 0.15) is 11.6 Å². The van der Waals surface area contributed by atoms with E-state index < -0.39 is 0 Å². The summed E-state index contributed by atoms with van der Waals surface area (Å²) in [7, 11) is 2.20. The molecule has 2 nitrogen and oxygen atoms in total. The van der Waals surface area contributed by atoms with Crippen molar-refractivity contribution in [2.75, 3.05) is 39.0 Å². The Kier molecular flexibility index (Phi) is 4.27. The third-order valence-electron chi connectivity index (χ3n) is 3.27. The smallest absolute Gasteiger partial charge is 0.0475 e. The highest BCUT2D eigenvalue weighted by atomic mass is 32.1. The number of rotatable bonds is 3. The molecule has 1 atom stereocenters. The molecule has 16 heavy (non-hydrogen) atoms. The fourth-order valence-electron chi connectivity index (χ4n) is 2.34. The maximum atomic E-state index is 4.35. The van der Waals surface area contributed by atoms with Crippen molar-refractivity contribution >= 4 is 12.6 Å². The van der Waals surface area contributed by atoms with Crippen LogP contribution in [-0.4, -0.2) is 48.8 Å². The zero-order valence-corrected chi connectivity index (χ0v) is 10.7. The molecule has 1 aromatic rings. The number of hydrogen-bond acceptors (Lipinski definition) is 3. The summed E-state index contributed by atoms with van der Waals surface area (Å²) in [5.74, 6) is 0.938. The van der Waals surface area contributed by atoms with Crippen LogP contribution < -0.4 is 0 Å². The zero-order valence-electron chi connectivity index (χ0n) is 9.84. The summed E-state index contributed by atoms with van der Waals surface area (Å²) >= 11 is 4.35. The first-order chi connectivity index (χ1) is 7.81. The highest BCUT2D eigenvalue weighted by Crippen LogP contribution is 2.24. The Bertz CT molecular complexity index is 315. The van der Waals surface area contributed by atoms with Crippen LogP contribution in [-0.2, 0) is 0 Å². The van der Waals surface area contributed by atoms with Gasteiger partial charge in [0.1, 0.15) is 0 Å².